The van der Waals surface area contributed by atoms with Crippen LogP contribution < -0.4 is 11.1 Å². The van der Waals surface area contributed by atoms with Crippen LogP contribution in [0.5, 0.6) is 0 Å². The fourth-order valence-electron chi connectivity index (χ4n) is 3.08. The number of rotatable bonds is 5. The van der Waals surface area contributed by atoms with Crippen LogP contribution in [0.1, 0.15) is 18.4 Å². The first-order valence-electron chi connectivity index (χ1n) is 8.01. The van der Waals surface area contributed by atoms with Crippen molar-refractivity contribution in [3.05, 3.63) is 35.0 Å². The molecule has 0 radical (unpaired) electrons. The molecule has 124 valence electrons. The van der Waals surface area contributed by atoms with Crippen LogP contribution in [0.4, 0.5) is 0 Å². The quantitative estimate of drug-likeness (QED) is 0.784. The number of carbonyl (C=O) groups excluding carboxylic acids is 1. The van der Waals surface area contributed by atoms with Crippen LogP contribution in [-0.2, 0) is 16.0 Å². The molecule has 1 aromatic heterocycles. The van der Waals surface area contributed by atoms with Crippen molar-refractivity contribution in [2.75, 3.05) is 19.8 Å². The molecule has 0 aliphatic carbocycles. The number of ether oxygens (including phenoxy) is 1. The summed E-state index contributed by atoms with van der Waals surface area (Å²) in [6.07, 6.45) is 4.42. The Bertz CT molecular complexity index is 680. The number of carbonyl (C=O) groups is 1. The average molecular weight is 336 g/mol. The van der Waals surface area contributed by atoms with E-state index in [1.807, 2.05) is 24.4 Å². The predicted octanol–water partition coefficient (Wildman–Crippen LogP) is 2.23. The predicted molar refractivity (Wildman–Crippen MR) is 91.5 cm³/mol. The van der Waals surface area contributed by atoms with Crippen molar-refractivity contribution in [3.63, 3.8) is 0 Å². The molecule has 1 aliphatic heterocycles. The van der Waals surface area contributed by atoms with Crippen molar-refractivity contribution in [2.24, 2.45) is 11.7 Å². The molecule has 23 heavy (non-hydrogen) atoms. The van der Waals surface area contributed by atoms with E-state index in [0.717, 1.165) is 35.7 Å². The van der Waals surface area contributed by atoms with E-state index in [9.17, 15) is 4.79 Å². The zero-order valence-corrected chi connectivity index (χ0v) is 13.7. The second kappa shape index (κ2) is 7.34. The molecular weight excluding hydrogens is 314 g/mol. The van der Waals surface area contributed by atoms with Gasteiger partial charge in [-0.2, -0.15) is 0 Å². The highest BCUT2D eigenvalue weighted by Gasteiger charge is 2.26. The zero-order valence-electron chi connectivity index (χ0n) is 13.0. The lowest BCUT2D eigenvalue weighted by molar-refractivity contribution is -0.124. The molecule has 1 amide bonds. The molecule has 4 N–H and O–H groups in total. The molecule has 6 heteroatoms. The lowest BCUT2D eigenvalue weighted by Gasteiger charge is -2.26. The normalized spacial score (nSPS) is 17.3. The van der Waals surface area contributed by atoms with Gasteiger partial charge in [-0.25, -0.2) is 0 Å². The van der Waals surface area contributed by atoms with Crippen molar-refractivity contribution in [3.8, 4) is 0 Å². The summed E-state index contributed by atoms with van der Waals surface area (Å²) in [7, 11) is 0. The number of fused-ring (bicyclic) bond motifs is 1. The molecule has 3 rings (SSSR count). The van der Waals surface area contributed by atoms with Gasteiger partial charge in [-0.1, -0.05) is 11.6 Å². The van der Waals surface area contributed by atoms with Crippen LogP contribution in [0, 0.1) is 5.92 Å². The first kappa shape index (κ1) is 16.3. The van der Waals surface area contributed by atoms with E-state index in [-0.39, 0.29) is 11.8 Å². The number of aromatic amines is 1. The molecule has 1 atom stereocenters. The monoisotopic (exact) mass is 335 g/mol. The Morgan fingerprint density at radius 3 is 3.00 bits per heavy atom. The maximum Gasteiger partial charge on any atom is 0.237 e. The molecule has 2 heterocycles. The first-order valence-corrected chi connectivity index (χ1v) is 8.39. The number of halogens is 1. The molecule has 1 unspecified atom stereocenters. The topological polar surface area (TPSA) is 80.1 Å². The third kappa shape index (κ3) is 3.86. The van der Waals surface area contributed by atoms with Crippen LogP contribution in [0.3, 0.4) is 0 Å². The van der Waals surface area contributed by atoms with Crippen LogP contribution in [0.2, 0.25) is 5.02 Å². The van der Waals surface area contributed by atoms with Crippen LogP contribution >= 0.6 is 11.6 Å². The van der Waals surface area contributed by atoms with Gasteiger partial charge in [0, 0.05) is 41.9 Å². The summed E-state index contributed by atoms with van der Waals surface area (Å²) >= 11 is 6.05. The van der Waals surface area contributed by atoms with Gasteiger partial charge in [-0.05, 0) is 48.9 Å². The molecule has 2 aromatic rings. The first-order chi connectivity index (χ1) is 11.1. The summed E-state index contributed by atoms with van der Waals surface area (Å²) < 4.78 is 5.31. The Balaban J connectivity index is 1.53. The zero-order chi connectivity index (χ0) is 16.2. The van der Waals surface area contributed by atoms with Gasteiger partial charge >= 0.3 is 0 Å². The van der Waals surface area contributed by atoms with Gasteiger partial charge in [-0.3, -0.25) is 4.79 Å². The number of hydrogen-bond acceptors (Lipinski definition) is 3. The van der Waals surface area contributed by atoms with Crippen LogP contribution in [0.25, 0.3) is 10.9 Å². The summed E-state index contributed by atoms with van der Waals surface area (Å²) in [4.78, 5) is 15.4. The summed E-state index contributed by atoms with van der Waals surface area (Å²) in [5.41, 5.74) is 8.26. The second-order valence-electron chi connectivity index (χ2n) is 6.02. The van der Waals surface area contributed by atoms with Gasteiger partial charge in [0.25, 0.3) is 0 Å². The molecule has 1 aliphatic rings. The van der Waals surface area contributed by atoms with E-state index in [2.05, 4.69) is 10.3 Å². The Morgan fingerprint density at radius 1 is 1.43 bits per heavy atom. The van der Waals surface area contributed by atoms with E-state index in [1.165, 1.54) is 0 Å². The van der Waals surface area contributed by atoms with E-state index >= 15 is 0 Å². The van der Waals surface area contributed by atoms with Gasteiger partial charge in [0.2, 0.25) is 5.91 Å². The third-order valence-electron chi connectivity index (χ3n) is 4.50. The van der Waals surface area contributed by atoms with E-state index in [4.69, 9.17) is 22.1 Å². The summed E-state index contributed by atoms with van der Waals surface area (Å²) in [6, 6.07) is 5.31. The highest BCUT2D eigenvalue weighted by Crippen LogP contribution is 2.22. The molecule has 0 saturated carbocycles. The highest BCUT2D eigenvalue weighted by atomic mass is 35.5. The number of nitrogens with one attached hydrogen (secondary N) is 2. The molecular formula is C17H22ClN3O2. The lowest BCUT2D eigenvalue weighted by Crippen LogP contribution is -2.47. The summed E-state index contributed by atoms with van der Waals surface area (Å²) in [6.45, 7) is 1.96. The molecule has 5 nitrogen and oxygen atoms in total. The van der Waals surface area contributed by atoms with Gasteiger partial charge in [0.15, 0.2) is 0 Å². The Hall–Kier alpha value is -1.56. The third-order valence-corrected chi connectivity index (χ3v) is 4.73. The number of nitrogens with two attached hydrogens (primary N) is 1. The average Bonchev–Trinajstić information content (AvgIpc) is 2.97. The van der Waals surface area contributed by atoms with Crippen molar-refractivity contribution >= 4 is 28.4 Å². The van der Waals surface area contributed by atoms with Crippen LogP contribution in [-0.4, -0.2) is 36.7 Å². The van der Waals surface area contributed by atoms with Crippen LogP contribution in [0.15, 0.2) is 24.4 Å². The van der Waals surface area contributed by atoms with Gasteiger partial charge in [0.1, 0.15) is 0 Å². The number of benzene rings is 1. The minimum atomic E-state index is -0.448. The lowest BCUT2D eigenvalue weighted by atomic mass is 9.92. The van der Waals surface area contributed by atoms with Crippen molar-refractivity contribution in [2.45, 2.75) is 25.3 Å². The van der Waals surface area contributed by atoms with Crippen molar-refractivity contribution < 1.29 is 9.53 Å². The van der Waals surface area contributed by atoms with E-state index < -0.39 is 6.04 Å². The smallest absolute Gasteiger partial charge is 0.237 e. The summed E-state index contributed by atoms with van der Waals surface area (Å²) in [5.74, 6) is 0.144. The minimum Gasteiger partial charge on any atom is -0.381 e. The number of H-pyrrole nitrogens is 1. The largest absolute Gasteiger partial charge is 0.381 e. The van der Waals surface area contributed by atoms with Gasteiger partial charge < -0.3 is 20.8 Å². The molecule has 1 aromatic carbocycles. The van der Waals surface area contributed by atoms with Crippen molar-refractivity contribution in [1.29, 1.82) is 0 Å². The number of amides is 1. The Kier molecular flexibility index (Phi) is 5.20. The number of aromatic nitrogens is 1. The molecule has 0 bridgehead atoms. The highest BCUT2D eigenvalue weighted by molar-refractivity contribution is 6.31. The maximum atomic E-state index is 12.2. The maximum absolute atomic E-state index is 12.2. The van der Waals surface area contributed by atoms with Gasteiger partial charge in [0.05, 0.1) is 6.04 Å². The molecule has 1 saturated heterocycles. The minimum absolute atomic E-state index is 0.0743. The number of hydrogen-bond donors (Lipinski definition) is 3. The Morgan fingerprint density at radius 2 is 2.22 bits per heavy atom. The summed E-state index contributed by atoms with van der Waals surface area (Å²) in [5, 5.41) is 4.76. The van der Waals surface area contributed by atoms with Gasteiger partial charge in [-0.15, -0.1) is 0 Å². The fraction of sp³-hybridized carbons (Fsp3) is 0.471. The van der Waals surface area contributed by atoms with E-state index in [0.29, 0.717) is 24.8 Å². The fourth-order valence-corrected chi connectivity index (χ4v) is 3.26. The Labute approximate surface area is 140 Å². The second-order valence-corrected chi connectivity index (χ2v) is 6.46. The standard InChI is InChI=1S/C17H22ClN3O2/c18-13-1-2-15-14(9-13)12(10-21-15)3-6-20-17(22)16(19)11-4-7-23-8-5-11/h1-2,9-11,16,21H,3-8,19H2,(H,20,22). The van der Waals surface area contributed by atoms with E-state index in [1.54, 1.807) is 0 Å². The molecule has 1 fully saturated rings. The molecule has 0 spiro atoms. The SMILES string of the molecule is NC(C(=O)NCCc1c[nH]c2ccc(Cl)cc12)C1CCOCC1. The van der Waals surface area contributed by atoms with Crippen molar-refractivity contribution in [1.82, 2.24) is 10.3 Å².